The Balaban J connectivity index is 1.91. The zero-order valence-corrected chi connectivity index (χ0v) is 15.9. The Labute approximate surface area is 156 Å². The Morgan fingerprint density at radius 1 is 1.31 bits per heavy atom. The molecule has 1 amide bonds. The Morgan fingerprint density at radius 2 is 2.04 bits per heavy atom. The number of rotatable bonds is 7. The Kier molecular flexibility index (Phi) is 7.49. The highest BCUT2D eigenvalue weighted by molar-refractivity contribution is 5.97. The quantitative estimate of drug-likeness (QED) is 0.460. The summed E-state index contributed by atoms with van der Waals surface area (Å²) in [5.41, 5.74) is 4.03. The van der Waals surface area contributed by atoms with Gasteiger partial charge in [-0.25, -0.2) is 0 Å². The van der Waals surface area contributed by atoms with E-state index in [-0.39, 0.29) is 11.5 Å². The Morgan fingerprint density at radius 3 is 2.69 bits per heavy atom. The minimum Gasteiger partial charge on any atom is -0.385 e. The van der Waals surface area contributed by atoms with Gasteiger partial charge in [-0.1, -0.05) is 12.1 Å². The average molecular weight is 356 g/mol. The number of carbonyl (C=O) groups excluding carboxylic acids is 1. The lowest BCUT2D eigenvalue weighted by Crippen LogP contribution is -2.44. The van der Waals surface area contributed by atoms with Crippen molar-refractivity contribution in [2.24, 2.45) is 0 Å². The van der Waals surface area contributed by atoms with Crippen molar-refractivity contribution >= 4 is 11.6 Å². The van der Waals surface area contributed by atoms with E-state index < -0.39 is 0 Å². The maximum Gasteiger partial charge on any atom is 0.263 e. The number of piperazine rings is 1. The topological polar surface area (TPSA) is 68.6 Å². The van der Waals surface area contributed by atoms with E-state index in [4.69, 9.17) is 4.74 Å². The van der Waals surface area contributed by atoms with E-state index in [2.05, 4.69) is 47.2 Å². The highest BCUT2D eigenvalue weighted by atomic mass is 16.5. The third kappa shape index (κ3) is 5.24. The third-order valence-electron chi connectivity index (χ3n) is 4.72. The molecular weight excluding hydrogens is 328 g/mol. The molecule has 1 aromatic rings. The van der Waals surface area contributed by atoms with E-state index in [9.17, 15) is 10.1 Å². The van der Waals surface area contributed by atoms with Crippen LogP contribution in [0.3, 0.4) is 0 Å². The molecule has 1 fully saturated rings. The lowest BCUT2D eigenvalue weighted by Gasteiger charge is -2.36. The lowest BCUT2D eigenvalue weighted by atomic mass is 10.1. The summed E-state index contributed by atoms with van der Waals surface area (Å²) in [6.45, 7) is 8.69. The standard InChI is InChI=1S/C20H28N4O2/c1-16-6-4-7-19(17(16)2)24-11-9-23(10-12-24)15-18(14-21)20(25)22-8-5-13-26-3/h4,6-7,15H,5,8-13H2,1-3H3,(H,22,25)/b18-15-. The largest absolute Gasteiger partial charge is 0.385 e. The van der Waals surface area contributed by atoms with Gasteiger partial charge in [-0.15, -0.1) is 0 Å². The molecule has 0 saturated carbocycles. The highest BCUT2D eigenvalue weighted by Crippen LogP contribution is 2.24. The SMILES string of the molecule is COCCCNC(=O)/C(C#N)=C\N1CCN(c2cccc(C)c2C)CC1. The second-order valence-corrected chi connectivity index (χ2v) is 6.50. The van der Waals surface area contributed by atoms with Gasteiger partial charge in [0.1, 0.15) is 11.6 Å². The molecule has 1 saturated heterocycles. The third-order valence-corrected chi connectivity index (χ3v) is 4.72. The average Bonchev–Trinajstić information content (AvgIpc) is 2.66. The molecule has 0 unspecified atom stereocenters. The number of amides is 1. The lowest BCUT2D eigenvalue weighted by molar-refractivity contribution is -0.117. The van der Waals surface area contributed by atoms with Gasteiger partial charge in [0, 0.05) is 58.3 Å². The molecule has 1 aromatic carbocycles. The molecule has 0 aliphatic carbocycles. The number of nitrogens with zero attached hydrogens (tertiary/aromatic N) is 3. The van der Waals surface area contributed by atoms with Gasteiger partial charge in [-0.05, 0) is 37.5 Å². The van der Waals surface area contributed by atoms with Crippen LogP contribution in [0.2, 0.25) is 0 Å². The van der Waals surface area contributed by atoms with Gasteiger partial charge in [0.25, 0.3) is 5.91 Å². The highest BCUT2D eigenvalue weighted by Gasteiger charge is 2.18. The fourth-order valence-corrected chi connectivity index (χ4v) is 3.00. The molecule has 0 radical (unpaired) electrons. The van der Waals surface area contributed by atoms with Gasteiger partial charge in [0.2, 0.25) is 0 Å². The summed E-state index contributed by atoms with van der Waals surface area (Å²) in [5, 5.41) is 12.0. The van der Waals surface area contributed by atoms with Crippen molar-refractivity contribution in [2.45, 2.75) is 20.3 Å². The number of hydrogen-bond acceptors (Lipinski definition) is 5. The molecule has 6 heteroatoms. The maximum atomic E-state index is 12.1. The van der Waals surface area contributed by atoms with Crippen LogP contribution in [0, 0.1) is 25.2 Å². The fraction of sp³-hybridized carbons (Fsp3) is 0.500. The number of benzene rings is 1. The molecule has 0 atom stereocenters. The summed E-state index contributed by atoms with van der Waals surface area (Å²) in [5.74, 6) is -0.319. The van der Waals surface area contributed by atoms with E-state index in [0.29, 0.717) is 13.2 Å². The monoisotopic (exact) mass is 356 g/mol. The molecule has 140 valence electrons. The maximum absolute atomic E-state index is 12.1. The molecular formula is C20H28N4O2. The zero-order chi connectivity index (χ0) is 18.9. The molecule has 26 heavy (non-hydrogen) atoms. The van der Waals surface area contributed by atoms with Gasteiger partial charge < -0.3 is 19.9 Å². The Bertz CT molecular complexity index is 686. The molecule has 0 bridgehead atoms. The number of hydrogen-bond donors (Lipinski definition) is 1. The predicted octanol–water partition coefficient (Wildman–Crippen LogP) is 1.99. The van der Waals surface area contributed by atoms with E-state index >= 15 is 0 Å². The van der Waals surface area contributed by atoms with Crippen LogP contribution in [-0.4, -0.2) is 57.2 Å². The molecule has 1 heterocycles. The Hall–Kier alpha value is -2.52. The van der Waals surface area contributed by atoms with Crippen LogP contribution in [0.5, 0.6) is 0 Å². The van der Waals surface area contributed by atoms with E-state index in [1.165, 1.54) is 16.8 Å². The van der Waals surface area contributed by atoms with Gasteiger partial charge in [-0.3, -0.25) is 4.79 Å². The van der Waals surface area contributed by atoms with Gasteiger partial charge in [-0.2, -0.15) is 5.26 Å². The first kappa shape index (κ1) is 19.8. The summed E-state index contributed by atoms with van der Waals surface area (Å²) in [6.07, 6.45) is 2.42. The van der Waals surface area contributed by atoms with E-state index in [0.717, 1.165) is 32.6 Å². The summed E-state index contributed by atoms with van der Waals surface area (Å²) in [6, 6.07) is 8.38. The van der Waals surface area contributed by atoms with Crippen molar-refractivity contribution in [1.29, 1.82) is 5.26 Å². The second-order valence-electron chi connectivity index (χ2n) is 6.50. The van der Waals surface area contributed by atoms with Crippen LogP contribution in [0.4, 0.5) is 5.69 Å². The normalized spacial score (nSPS) is 14.9. The predicted molar refractivity (Wildman–Crippen MR) is 103 cm³/mol. The number of anilines is 1. The van der Waals surface area contributed by atoms with Crippen LogP contribution in [-0.2, 0) is 9.53 Å². The summed E-state index contributed by atoms with van der Waals surface area (Å²) >= 11 is 0. The van der Waals surface area contributed by atoms with Crippen LogP contribution in [0.25, 0.3) is 0 Å². The number of ether oxygens (including phenoxy) is 1. The molecule has 2 rings (SSSR count). The first-order valence-electron chi connectivity index (χ1n) is 9.01. The second kappa shape index (κ2) is 9.83. The van der Waals surface area contributed by atoms with Crippen molar-refractivity contribution in [3.05, 3.63) is 41.1 Å². The number of nitriles is 1. The first-order valence-corrected chi connectivity index (χ1v) is 9.01. The molecule has 1 aliphatic rings. The van der Waals surface area contributed by atoms with Crippen molar-refractivity contribution < 1.29 is 9.53 Å². The van der Waals surface area contributed by atoms with Crippen molar-refractivity contribution in [3.63, 3.8) is 0 Å². The minimum atomic E-state index is -0.319. The number of carbonyl (C=O) groups is 1. The summed E-state index contributed by atoms with van der Waals surface area (Å²) in [4.78, 5) is 16.5. The van der Waals surface area contributed by atoms with Crippen molar-refractivity contribution in [1.82, 2.24) is 10.2 Å². The first-order chi connectivity index (χ1) is 12.6. The van der Waals surface area contributed by atoms with E-state index in [1.54, 1.807) is 13.3 Å². The molecule has 1 aliphatic heterocycles. The van der Waals surface area contributed by atoms with Gasteiger partial charge in [0.15, 0.2) is 0 Å². The van der Waals surface area contributed by atoms with Gasteiger partial charge >= 0.3 is 0 Å². The summed E-state index contributed by atoms with van der Waals surface area (Å²) in [7, 11) is 1.63. The molecule has 0 spiro atoms. The van der Waals surface area contributed by atoms with Crippen molar-refractivity contribution in [3.8, 4) is 6.07 Å². The van der Waals surface area contributed by atoms with Crippen LogP contribution >= 0.6 is 0 Å². The molecule has 0 aromatic heterocycles. The van der Waals surface area contributed by atoms with Crippen LogP contribution in [0.1, 0.15) is 17.5 Å². The molecule has 1 N–H and O–H groups in total. The fourth-order valence-electron chi connectivity index (χ4n) is 3.00. The van der Waals surface area contributed by atoms with Crippen LogP contribution in [0.15, 0.2) is 30.0 Å². The van der Waals surface area contributed by atoms with Gasteiger partial charge in [0.05, 0.1) is 0 Å². The smallest absolute Gasteiger partial charge is 0.263 e. The number of aryl methyl sites for hydroxylation is 1. The van der Waals surface area contributed by atoms with Crippen LogP contribution < -0.4 is 10.2 Å². The molecule has 6 nitrogen and oxygen atoms in total. The zero-order valence-electron chi connectivity index (χ0n) is 15.9. The summed E-state index contributed by atoms with van der Waals surface area (Å²) < 4.78 is 4.95. The minimum absolute atomic E-state index is 0.155. The number of methoxy groups -OCH3 is 1. The van der Waals surface area contributed by atoms with E-state index in [1.807, 2.05) is 6.07 Å². The van der Waals surface area contributed by atoms with Crippen molar-refractivity contribution in [2.75, 3.05) is 51.3 Å². The number of nitrogens with one attached hydrogen (secondary N) is 1.